The van der Waals surface area contributed by atoms with Gasteiger partial charge >= 0.3 is 0 Å². The van der Waals surface area contributed by atoms with Crippen LogP contribution >= 0.6 is 0 Å². The zero-order chi connectivity index (χ0) is 21.3. The van der Waals surface area contributed by atoms with Crippen LogP contribution in [0.1, 0.15) is 0 Å². The molecule has 3 aromatic carbocycles. The molecular formula is C27H18N4O. The summed E-state index contributed by atoms with van der Waals surface area (Å²) in [5.41, 5.74) is 4.66. The third-order valence-corrected chi connectivity index (χ3v) is 5.41. The van der Waals surface area contributed by atoms with Crippen molar-refractivity contribution in [3.05, 3.63) is 109 Å². The average Bonchev–Trinajstić information content (AvgIpc) is 3.31. The summed E-state index contributed by atoms with van der Waals surface area (Å²) >= 11 is 0. The van der Waals surface area contributed by atoms with Crippen molar-refractivity contribution in [3.63, 3.8) is 0 Å². The van der Waals surface area contributed by atoms with Gasteiger partial charge in [0, 0.05) is 22.7 Å². The van der Waals surface area contributed by atoms with Crippen LogP contribution in [0.5, 0.6) is 11.5 Å². The van der Waals surface area contributed by atoms with Crippen molar-refractivity contribution in [2.75, 3.05) is 0 Å². The highest BCUT2D eigenvalue weighted by Crippen LogP contribution is 2.32. The first-order valence-corrected chi connectivity index (χ1v) is 10.4. The Hall–Kier alpha value is -4.51. The quantitative estimate of drug-likeness (QED) is 0.335. The summed E-state index contributed by atoms with van der Waals surface area (Å²) in [6.07, 6.45) is 1.80. The van der Waals surface area contributed by atoms with Crippen LogP contribution in [-0.2, 0) is 0 Å². The molecule has 0 aliphatic heterocycles. The van der Waals surface area contributed by atoms with E-state index in [0.717, 1.165) is 50.7 Å². The number of benzene rings is 3. The van der Waals surface area contributed by atoms with Gasteiger partial charge in [-0.25, -0.2) is 4.98 Å². The van der Waals surface area contributed by atoms with Gasteiger partial charge in [-0.1, -0.05) is 48.5 Å². The number of rotatable bonds is 4. The SMILES string of the molecule is c1ccc(Oc2ccc(-c3nnc4c(-c5ccccc5)cc5cccnc5n34)cc2)cc1. The fraction of sp³-hybridized carbons (Fsp3) is 0. The van der Waals surface area contributed by atoms with E-state index < -0.39 is 0 Å². The molecule has 5 nitrogen and oxygen atoms in total. The Balaban J connectivity index is 1.49. The molecule has 152 valence electrons. The monoisotopic (exact) mass is 414 g/mol. The molecular weight excluding hydrogens is 396 g/mol. The molecule has 3 heterocycles. The van der Waals surface area contributed by atoms with Crippen molar-refractivity contribution >= 4 is 16.7 Å². The third-order valence-electron chi connectivity index (χ3n) is 5.41. The van der Waals surface area contributed by atoms with Gasteiger partial charge in [0.05, 0.1) is 0 Å². The van der Waals surface area contributed by atoms with Gasteiger partial charge < -0.3 is 4.74 Å². The summed E-state index contributed by atoms with van der Waals surface area (Å²) in [5.74, 6) is 2.31. The molecule has 0 N–H and O–H groups in total. The van der Waals surface area contributed by atoms with Crippen LogP contribution in [0.15, 0.2) is 109 Å². The minimum atomic E-state index is 0.743. The zero-order valence-electron chi connectivity index (χ0n) is 17.1. The summed E-state index contributed by atoms with van der Waals surface area (Å²) < 4.78 is 7.96. The Morgan fingerprint density at radius 3 is 2.09 bits per heavy atom. The van der Waals surface area contributed by atoms with Crippen molar-refractivity contribution < 1.29 is 4.74 Å². The number of hydrogen-bond donors (Lipinski definition) is 0. The van der Waals surface area contributed by atoms with Gasteiger partial charge in [0.15, 0.2) is 11.5 Å². The van der Waals surface area contributed by atoms with Crippen molar-refractivity contribution in [3.8, 4) is 34.0 Å². The molecule has 3 aromatic heterocycles. The lowest BCUT2D eigenvalue weighted by Gasteiger charge is -2.09. The molecule has 0 saturated heterocycles. The van der Waals surface area contributed by atoms with Crippen LogP contribution in [0.4, 0.5) is 0 Å². The molecule has 0 fully saturated rings. The van der Waals surface area contributed by atoms with Crippen LogP contribution in [0.2, 0.25) is 0 Å². The third kappa shape index (κ3) is 3.17. The molecule has 0 spiro atoms. The summed E-state index contributed by atoms with van der Waals surface area (Å²) in [5, 5.41) is 10.1. The number of nitrogens with zero attached hydrogens (tertiary/aromatic N) is 4. The predicted octanol–water partition coefficient (Wildman–Crippen LogP) is 6.40. The predicted molar refractivity (Wildman–Crippen MR) is 126 cm³/mol. The maximum atomic E-state index is 5.93. The molecule has 0 unspecified atom stereocenters. The van der Waals surface area contributed by atoms with Gasteiger partial charge in [0.25, 0.3) is 0 Å². The van der Waals surface area contributed by atoms with Crippen molar-refractivity contribution in [1.82, 2.24) is 19.6 Å². The first-order valence-electron chi connectivity index (χ1n) is 10.4. The highest BCUT2D eigenvalue weighted by Gasteiger charge is 2.16. The van der Waals surface area contributed by atoms with Gasteiger partial charge in [-0.2, -0.15) is 0 Å². The van der Waals surface area contributed by atoms with E-state index in [2.05, 4.69) is 39.4 Å². The number of pyridine rings is 2. The van der Waals surface area contributed by atoms with Crippen molar-refractivity contribution in [1.29, 1.82) is 0 Å². The van der Waals surface area contributed by atoms with Gasteiger partial charge in [0.1, 0.15) is 17.1 Å². The van der Waals surface area contributed by atoms with Crippen molar-refractivity contribution in [2.45, 2.75) is 0 Å². The molecule has 6 aromatic rings. The summed E-state index contributed by atoms with van der Waals surface area (Å²) in [6, 6.07) is 34.0. The van der Waals surface area contributed by atoms with Crippen molar-refractivity contribution in [2.24, 2.45) is 0 Å². The highest BCUT2D eigenvalue weighted by molar-refractivity contribution is 5.91. The van der Waals surface area contributed by atoms with E-state index in [4.69, 9.17) is 4.74 Å². The number of para-hydroxylation sites is 1. The van der Waals surface area contributed by atoms with E-state index >= 15 is 0 Å². The van der Waals surface area contributed by atoms with E-state index in [1.54, 1.807) is 6.20 Å². The lowest BCUT2D eigenvalue weighted by Crippen LogP contribution is -1.97. The number of hydrogen-bond acceptors (Lipinski definition) is 4. The summed E-state index contributed by atoms with van der Waals surface area (Å²) in [7, 11) is 0. The molecule has 32 heavy (non-hydrogen) atoms. The fourth-order valence-electron chi connectivity index (χ4n) is 3.90. The molecule has 0 saturated carbocycles. The summed E-state index contributed by atoms with van der Waals surface area (Å²) in [4.78, 5) is 4.63. The topological polar surface area (TPSA) is 52.3 Å². The Kier molecular flexibility index (Phi) is 4.36. The molecule has 0 atom stereocenters. The maximum Gasteiger partial charge on any atom is 0.170 e. The highest BCUT2D eigenvalue weighted by atomic mass is 16.5. The standard InChI is InChI=1S/C27H18N4O/c1-3-8-19(9-4-1)24-18-21-10-7-17-28-25(21)31-26(29-30-27(24)31)20-13-15-23(16-14-20)32-22-11-5-2-6-12-22/h1-18H. The number of fused-ring (bicyclic) bond motifs is 3. The van der Waals surface area contributed by atoms with Crippen LogP contribution in [0.3, 0.4) is 0 Å². The molecule has 6 rings (SSSR count). The van der Waals surface area contributed by atoms with Crippen LogP contribution in [0, 0.1) is 0 Å². The smallest absolute Gasteiger partial charge is 0.170 e. The maximum absolute atomic E-state index is 5.93. The number of aromatic nitrogens is 4. The van der Waals surface area contributed by atoms with E-state index in [0.29, 0.717) is 0 Å². The molecule has 0 bridgehead atoms. The number of ether oxygens (including phenoxy) is 1. The Morgan fingerprint density at radius 2 is 1.31 bits per heavy atom. The zero-order valence-corrected chi connectivity index (χ0v) is 17.1. The van der Waals surface area contributed by atoms with Gasteiger partial charge in [-0.3, -0.25) is 4.40 Å². The van der Waals surface area contributed by atoms with E-state index in [9.17, 15) is 0 Å². The second kappa shape index (κ2) is 7.63. The molecule has 0 aliphatic carbocycles. The lowest BCUT2D eigenvalue weighted by atomic mass is 10.1. The van der Waals surface area contributed by atoms with Crippen LogP contribution in [-0.4, -0.2) is 19.6 Å². The largest absolute Gasteiger partial charge is 0.457 e. The summed E-state index contributed by atoms with van der Waals surface area (Å²) in [6.45, 7) is 0. The second-order valence-electron chi connectivity index (χ2n) is 7.46. The minimum Gasteiger partial charge on any atom is -0.457 e. The first-order chi connectivity index (χ1) is 15.9. The Labute approximate surface area is 184 Å². The van der Waals surface area contributed by atoms with E-state index in [1.807, 2.05) is 83.3 Å². The molecule has 0 amide bonds. The Morgan fingerprint density at radius 1 is 0.594 bits per heavy atom. The fourth-order valence-corrected chi connectivity index (χ4v) is 3.90. The lowest BCUT2D eigenvalue weighted by molar-refractivity contribution is 0.483. The van der Waals surface area contributed by atoms with Gasteiger partial charge in [-0.15, -0.1) is 10.2 Å². The first kappa shape index (κ1) is 18.3. The van der Waals surface area contributed by atoms with Gasteiger partial charge in [0.2, 0.25) is 0 Å². The van der Waals surface area contributed by atoms with E-state index in [-0.39, 0.29) is 0 Å². The minimum absolute atomic E-state index is 0.743. The Bertz CT molecular complexity index is 1530. The molecule has 5 heteroatoms. The molecule has 0 radical (unpaired) electrons. The van der Waals surface area contributed by atoms with Crippen LogP contribution in [0.25, 0.3) is 39.2 Å². The normalized spacial score (nSPS) is 11.1. The van der Waals surface area contributed by atoms with Crippen LogP contribution < -0.4 is 4.74 Å². The average molecular weight is 414 g/mol. The molecule has 0 aliphatic rings. The second-order valence-corrected chi connectivity index (χ2v) is 7.46. The van der Waals surface area contributed by atoms with E-state index in [1.165, 1.54) is 0 Å². The van der Waals surface area contributed by atoms with Gasteiger partial charge in [-0.05, 0) is 60.2 Å².